The number of benzene rings is 1. The van der Waals surface area contributed by atoms with Crippen molar-refractivity contribution < 1.29 is 9.47 Å². The van der Waals surface area contributed by atoms with Crippen molar-refractivity contribution in [2.24, 2.45) is 0 Å². The number of methoxy groups -OCH3 is 1. The lowest BCUT2D eigenvalue weighted by Gasteiger charge is -2.19. The van der Waals surface area contributed by atoms with E-state index in [9.17, 15) is 0 Å². The fraction of sp³-hybridized carbons (Fsp3) is 0.625. The third kappa shape index (κ3) is 6.08. The van der Waals surface area contributed by atoms with Gasteiger partial charge >= 0.3 is 0 Å². The van der Waals surface area contributed by atoms with Gasteiger partial charge in [-0.2, -0.15) is 0 Å². The molecule has 1 aromatic rings. The lowest BCUT2D eigenvalue weighted by molar-refractivity contribution is 0.189. The Bertz CT molecular complexity index is 352. The summed E-state index contributed by atoms with van der Waals surface area (Å²) in [5.41, 5.74) is 1.29. The summed E-state index contributed by atoms with van der Waals surface area (Å²) in [5, 5.41) is 3.53. The molecule has 0 spiro atoms. The second kappa shape index (κ2) is 8.94. The van der Waals surface area contributed by atoms with E-state index in [4.69, 9.17) is 9.47 Å². The summed E-state index contributed by atoms with van der Waals surface area (Å²) < 4.78 is 10.9. The highest BCUT2D eigenvalue weighted by molar-refractivity contribution is 5.30. The maximum absolute atomic E-state index is 5.76. The van der Waals surface area contributed by atoms with Gasteiger partial charge in [0.25, 0.3) is 0 Å². The Morgan fingerprint density at radius 1 is 1.26 bits per heavy atom. The Hall–Kier alpha value is -1.06. The fourth-order valence-electron chi connectivity index (χ4n) is 2.14. The highest BCUT2D eigenvalue weighted by atomic mass is 16.5. The zero-order chi connectivity index (χ0) is 14.1. The first-order valence-corrected chi connectivity index (χ1v) is 7.16. The van der Waals surface area contributed by atoms with Crippen molar-refractivity contribution in [2.45, 2.75) is 45.8 Å². The lowest BCUT2D eigenvalue weighted by atomic mass is 10.0. The largest absolute Gasteiger partial charge is 0.491 e. The molecule has 1 rings (SSSR count). The van der Waals surface area contributed by atoms with Gasteiger partial charge in [-0.25, -0.2) is 0 Å². The molecule has 0 amide bonds. The third-order valence-electron chi connectivity index (χ3n) is 2.92. The molecule has 1 unspecified atom stereocenters. The zero-order valence-electron chi connectivity index (χ0n) is 12.6. The molecular weight excluding hydrogens is 238 g/mol. The van der Waals surface area contributed by atoms with E-state index >= 15 is 0 Å². The predicted molar refractivity (Wildman–Crippen MR) is 79.7 cm³/mol. The number of rotatable bonds is 9. The van der Waals surface area contributed by atoms with Crippen LogP contribution in [0.2, 0.25) is 0 Å². The first kappa shape index (κ1) is 16.0. The van der Waals surface area contributed by atoms with Gasteiger partial charge in [0.15, 0.2) is 0 Å². The van der Waals surface area contributed by atoms with Gasteiger partial charge in [-0.05, 0) is 50.9 Å². The molecule has 3 nitrogen and oxygen atoms in total. The average Bonchev–Trinajstić information content (AvgIpc) is 2.37. The first-order chi connectivity index (χ1) is 9.17. The van der Waals surface area contributed by atoms with Crippen LogP contribution in [-0.4, -0.2) is 26.4 Å². The fourth-order valence-corrected chi connectivity index (χ4v) is 2.14. The summed E-state index contributed by atoms with van der Waals surface area (Å²) >= 11 is 0. The second-order valence-corrected chi connectivity index (χ2v) is 4.98. The zero-order valence-corrected chi connectivity index (χ0v) is 12.6. The van der Waals surface area contributed by atoms with Crippen LogP contribution in [-0.2, 0) is 4.74 Å². The first-order valence-electron chi connectivity index (χ1n) is 7.16. The van der Waals surface area contributed by atoms with E-state index in [2.05, 4.69) is 30.4 Å². The number of hydrogen-bond donors (Lipinski definition) is 1. The van der Waals surface area contributed by atoms with E-state index in [1.54, 1.807) is 7.11 Å². The Morgan fingerprint density at radius 3 is 2.68 bits per heavy atom. The van der Waals surface area contributed by atoms with Crippen molar-refractivity contribution in [3.63, 3.8) is 0 Å². The molecule has 0 radical (unpaired) electrons. The summed E-state index contributed by atoms with van der Waals surface area (Å²) in [6.45, 7) is 8.01. The smallest absolute Gasteiger partial charge is 0.120 e. The maximum Gasteiger partial charge on any atom is 0.120 e. The minimum absolute atomic E-state index is 0.210. The predicted octanol–water partition coefficient (Wildman–Crippen LogP) is 3.55. The van der Waals surface area contributed by atoms with E-state index in [1.165, 1.54) is 5.56 Å². The van der Waals surface area contributed by atoms with Gasteiger partial charge in [0.2, 0.25) is 0 Å². The normalized spacial score (nSPS) is 12.7. The van der Waals surface area contributed by atoms with Crippen LogP contribution >= 0.6 is 0 Å². The summed E-state index contributed by atoms with van der Waals surface area (Å²) in [7, 11) is 1.75. The van der Waals surface area contributed by atoms with Crippen LogP contribution in [0.1, 0.15) is 45.2 Å². The second-order valence-electron chi connectivity index (χ2n) is 4.98. The molecule has 1 atom stereocenters. The van der Waals surface area contributed by atoms with Crippen LogP contribution in [0.3, 0.4) is 0 Å². The summed E-state index contributed by atoms with van der Waals surface area (Å²) in [5.74, 6) is 0.946. The molecule has 108 valence electrons. The number of nitrogens with one attached hydrogen (secondary N) is 1. The molecule has 0 saturated carbocycles. The molecule has 3 heteroatoms. The van der Waals surface area contributed by atoms with Crippen LogP contribution in [0.15, 0.2) is 24.3 Å². The van der Waals surface area contributed by atoms with E-state index in [0.29, 0.717) is 6.04 Å². The van der Waals surface area contributed by atoms with Crippen molar-refractivity contribution in [1.29, 1.82) is 0 Å². The SMILES string of the molecule is CCNC(CCCOC)c1cccc(OC(C)C)c1. The molecule has 0 aliphatic rings. The van der Waals surface area contributed by atoms with Gasteiger partial charge in [0.05, 0.1) is 6.10 Å². The lowest BCUT2D eigenvalue weighted by Crippen LogP contribution is -2.21. The molecule has 0 bridgehead atoms. The number of hydrogen-bond acceptors (Lipinski definition) is 3. The Balaban J connectivity index is 2.71. The summed E-state index contributed by atoms with van der Waals surface area (Å²) in [6.07, 6.45) is 2.34. The highest BCUT2D eigenvalue weighted by Crippen LogP contribution is 2.23. The van der Waals surface area contributed by atoms with E-state index in [0.717, 1.165) is 31.7 Å². The monoisotopic (exact) mass is 265 g/mol. The molecule has 0 aliphatic carbocycles. The van der Waals surface area contributed by atoms with Gasteiger partial charge in [-0.1, -0.05) is 19.1 Å². The van der Waals surface area contributed by atoms with Gasteiger partial charge in [-0.3, -0.25) is 0 Å². The Kier molecular flexibility index (Phi) is 7.53. The van der Waals surface area contributed by atoms with Crippen molar-refractivity contribution in [3.05, 3.63) is 29.8 Å². The minimum atomic E-state index is 0.210. The molecule has 0 heterocycles. The Morgan fingerprint density at radius 2 is 2.05 bits per heavy atom. The highest BCUT2D eigenvalue weighted by Gasteiger charge is 2.11. The maximum atomic E-state index is 5.76. The minimum Gasteiger partial charge on any atom is -0.491 e. The topological polar surface area (TPSA) is 30.5 Å². The molecule has 0 aromatic heterocycles. The average molecular weight is 265 g/mol. The van der Waals surface area contributed by atoms with Gasteiger partial charge in [0.1, 0.15) is 5.75 Å². The van der Waals surface area contributed by atoms with Crippen molar-refractivity contribution >= 4 is 0 Å². The molecule has 0 saturated heterocycles. The Labute approximate surface area is 117 Å². The molecule has 1 aromatic carbocycles. The van der Waals surface area contributed by atoms with Crippen LogP contribution in [0.4, 0.5) is 0 Å². The summed E-state index contributed by atoms with van der Waals surface area (Å²) in [6, 6.07) is 8.75. The molecule has 1 N–H and O–H groups in total. The van der Waals surface area contributed by atoms with Crippen LogP contribution in [0.25, 0.3) is 0 Å². The van der Waals surface area contributed by atoms with E-state index in [1.807, 2.05) is 19.9 Å². The van der Waals surface area contributed by atoms with Crippen LogP contribution in [0, 0.1) is 0 Å². The number of ether oxygens (including phenoxy) is 2. The standard InChI is InChI=1S/C16H27NO2/c1-5-17-16(10-7-11-18-4)14-8-6-9-15(12-14)19-13(2)3/h6,8-9,12-13,16-17H,5,7,10-11H2,1-4H3. The van der Waals surface area contributed by atoms with Crippen LogP contribution < -0.4 is 10.1 Å². The molecular formula is C16H27NO2. The van der Waals surface area contributed by atoms with Gasteiger partial charge in [0, 0.05) is 19.8 Å². The van der Waals surface area contributed by atoms with E-state index < -0.39 is 0 Å². The van der Waals surface area contributed by atoms with Crippen LogP contribution in [0.5, 0.6) is 5.75 Å². The summed E-state index contributed by atoms with van der Waals surface area (Å²) in [4.78, 5) is 0. The van der Waals surface area contributed by atoms with Gasteiger partial charge < -0.3 is 14.8 Å². The molecule has 0 fully saturated rings. The van der Waals surface area contributed by atoms with Crippen molar-refractivity contribution in [2.75, 3.05) is 20.3 Å². The molecule has 0 aliphatic heterocycles. The van der Waals surface area contributed by atoms with E-state index in [-0.39, 0.29) is 6.10 Å². The molecule has 19 heavy (non-hydrogen) atoms. The van der Waals surface area contributed by atoms with Crippen molar-refractivity contribution in [3.8, 4) is 5.75 Å². The van der Waals surface area contributed by atoms with Crippen molar-refractivity contribution in [1.82, 2.24) is 5.32 Å². The quantitative estimate of drug-likeness (QED) is 0.693. The third-order valence-corrected chi connectivity index (χ3v) is 2.92. The van der Waals surface area contributed by atoms with Gasteiger partial charge in [-0.15, -0.1) is 0 Å².